The number of amides is 1. The van der Waals surface area contributed by atoms with E-state index in [-0.39, 0.29) is 13.2 Å². The average Bonchev–Trinajstić information content (AvgIpc) is 2.48. The molecule has 0 aliphatic carbocycles. The second kappa shape index (κ2) is 9.98. The highest BCUT2D eigenvalue weighted by Gasteiger charge is 2.05. The van der Waals surface area contributed by atoms with Crippen molar-refractivity contribution in [2.75, 3.05) is 40.0 Å². The van der Waals surface area contributed by atoms with Crippen molar-refractivity contribution in [2.45, 2.75) is 6.10 Å². The van der Waals surface area contributed by atoms with Gasteiger partial charge in [0.05, 0.1) is 13.7 Å². The van der Waals surface area contributed by atoms with E-state index in [9.17, 15) is 9.90 Å². The molecule has 118 valence electrons. The van der Waals surface area contributed by atoms with Crippen molar-refractivity contribution in [3.05, 3.63) is 24.3 Å². The third-order valence-electron chi connectivity index (χ3n) is 2.53. The number of aliphatic hydroxyl groups is 1. The summed E-state index contributed by atoms with van der Waals surface area (Å²) in [5.41, 5.74) is 4.92. The van der Waals surface area contributed by atoms with E-state index in [0.29, 0.717) is 31.2 Å². The minimum absolute atomic E-state index is 0.0941. The molecule has 7 nitrogen and oxygen atoms in total. The number of hydrogen-bond acceptors (Lipinski definition) is 6. The van der Waals surface area contributed by atoms with Crippen LogP contribution in [0.2, 0.25) is 0 Å². The van der Waals surface area contributed by atoms with Crippen molar-refractivity contribution in [3.8, 4) is 11.5 Å². The minimum atomic E-state index is -0.646. The molecule has 7 heteroatoms. The SMILES string of the molecule is COc1cccc(OCC(O)CNCCOCC(N)=O)c1. The fourth-order valence-corrected chi connectivity index (χ4v) is 1.53. The fraction of sp³-hybridized carbons (Fsp3) is 0.500. The molecule has 1 unspecified atom stereocenters. The first-order valence-electron chi connectivity index (χ1n) is 6.63. The summed E-state index contributed by atoms with van der Waals surface area (Å²) in [5, 5.41) is 12.7. The molecule has 1 aromatic rings. The normalized spacial score (nSPS) is 11.9. The Morgan fingerprint density at radius 2 is 2.19 bits per heavy atom. The van der Waals surface area contributed by atoms with Crippen molar-refractivity contribution in [1.82, 2.24) is 5.32 Å². The summed E-state index contributed by atoms with van der Waals surface area (Å²) in [5.74, 6) is 0.839. The van der Waals surface area contributed by atoms with Gasteiger partial charge in [-0.05, 0) is 12.1 Å². The molecule has 0 spiro atoms. The van der Waals surface area contributed by atoms with Crippen LogP contribution in [-0.2, 0) is 9.53 Å². The van der Waals surface area contributed by atoms with Crippen LogP contribution in [0.4, 0.5) is 0 Å². The summed E-state index contributed by atoms with van der Waals surface area (Å²) in [6.07, 6.45) is -0.646. The van der Waals surface area contributed by atoms with Gasteiger partial charge in [-0.1, -0.05) is 6.07 Å². The Balaban J connectivity index is 2.10. The molecular formula is C14H22N2O5. The Hall–Kier alpha value is -1.83. The lowest BCUT2D eigenvalue weighted by molar-refractivity contribution is -0.122. The van der Waals surface area contributed by atoms with Crippen molar-refractivity contribution in [1.29, 1.82) is 0 Å². The Morgan fingerprint density at radius 3 is 2.90 bits per heavy atom. The van der Waals surface area contributed by atoms with Crippen molar-refractivity contribution < 1.29 is 24.1 Å². The first-order chi connectivity index (χ1) is 10.1. The van der Waals surface area contributed by atoms with Crippen LogP contribution in [0.15, 0.2) is 24.3 Å². The molecule has 0 bridgehead atoms. The number of carbonyl (C=O) groups excluding carboxylic acids is 1. The molecule has 0 saturated carbocycles. The Bertz CT molecular complexity index is 428. The van der Waals surface area contributed by atoms with E-state index in [0.717, 1.165) is 0 Å². The lowest BCUT2D eigenvalue weighted by Gasteiger charge is -2.13. The smallest absolute Gasteiger partial charge is 0.243 e. The summed E-state index contributed by atoms with van der Waals surface area (Å²) in [7, 11) is 1.58. The topological polar surface area (TPSA) is 103 Å². The molecule has 21 heavy (non-hydrogen) atoms. The van der Waals surface area contributed by atoms with Gasteiger partial charge in [0.25, 0.3) is 0 Å². The summed E-state index contributed by atoms with van der Waals surface area (Å²) in [6.45, 7) is 1.31. The number of primary amides is 1. The van der Waals surface area contributed by atoms with Crippen LogP contribution in [-0.4, -0.2) is 57.1 Å². The first-order valence-corrected chi connectivity index (χ1v) is 6.63. The molecule has 0 fully saturated rings. The third-order valence-corrected chi connectivity index (χ3v) is 2.53. The molecule has 1 amide bonds. The summed E-state index contributed by atoms with van der Waals surface area (Å²) in [6, 6.07) is 7.17. The maximum absolute atomic E-state index is 10.4. The van der Waals surface area contributed by atoms with E-state index in [1.165, 1.54) is 0 Å². The standard InChI is InChI=1S/C14H22N2O5/c1-19-12-3-2-4-13(7-12)21-9-11(17)8-16-5-6-20-10-14(15)18/h2-4,7,11,16-17H,5-6,8-10H2,1H3,(H2,15,18). The van der Waals surface area contributed by atoms with Crippen LogP contribution in [0.1, 0.15) is 0 Å². The maximum Gasteiger partial charge on any atom is 0.243 e. The summed E-state index contributed by atoms with van der Waals surface area (Å²) < 4.78 is 15.5. The van der Waals surface area contributed by atoms with Crippen LogP contribution in [0, 0.1) is 0 Å². The van der Waals surface area contributed by atoms with Gasteiger partial charge in [-0.15, -0.1) is 0 Å². The first kappa shape index (κ1) is 17.2. The van der Waals surface area contributed by atoms with Gasteiger partial charge in [-0.3, -0.25) is 4.79 Å². The van der Waals surface area contributed by atoms with Crippen molar-refractivity contribution in [2.24, 2.45) is 5.73 Å². The maximum atomic E-state index is 10.4. The fourth-order valence-electron chi connectivity index (χ4n) is 1.53. The number of methoxy groups -OCH3 is 1. The molecule has 0 aliphatic heterocycles. The Labute approximate surface area is 124 Å². The Kier molecular flexibility index (Phi) is 8.18. The molecule has 1 aromatic carbocycles. The molecular weight excluding hydrogens is 276 g/mol. The van der Waals surface area contributed by atoms with E-state index >= 15 is 0 Å². The number of hydrogen-bond donors (Lipinski definition) is 3. The zero-order valence-corrected chi connectivity index (χ0v) is 12.1. The van der Waals surface area contributed by atoms with Crippen LogP contribution < -0.4 is 20.5 Å². The van der Waals surface area contributed by atoms with E-state index in [4.69, 9.17) is 19.9 Å². The molecule has 4 N–H and O–H groups in total. The predicted molar refractivity (Wildman–Crippen MR) is 77.4 cm³/mol. The van der Waals surface area contributed by atoms with E-state index in [2.05, 4.69) is 5.32 Å². The van der Waals surface area contributed by atoms with Crippen LogP contribution >= 0.6 is 0 Å². The van der Waals surface area contributed by atoms with Crippen LogP contribution in [0.5, 0.6) is 11.5 Å². The van der Waals surface area contributed by atoms with E-state index < -0.39 is 12.0 Å². The predicted octanol–water partition coefficient (Wildman–Crippen LogP) is -0.474. The molecule has 0 heterocycles. The third kappa shape index (κ3) is 8.13. The van der Waals surface area contributed by atoms with Gasteiger partial charge >= 0.3 is 0 Å². The monoisotopic (exact) mass is 298 g/mol. The zero-order valence-electron chi connectivity index (χ0n) is 12.1. The number of ether oxygens (including phenoxy) is 3. The second-order valence-corrected chi connectivity index (χ2v) is 4.37. The van der Waals surface area contributed by atoms with E-state index in [1.807, 2.05) is 12.1 Å². The van der Waals surface area contributed by atoms with Gasteiger partial charge in [-0.25, -0.2) is 0 Å². The lowest BCUT2D eigenvalue weighted by atomic mass is 10.3. The van der Waals surface area contributed by atoms with Gasteiger partial charge in [0.1, 0.15) is 30.8 Å². The van der Waals surface area contributed by atoms with Gasteiger partial charge in [0.15, 0.2) is 0 Å². The number of carbonyl (C=O) groups is 1. The van der Waals surface area contributed by atoms with Crippen molar-refractivity contribution in [3.63, 3.8) is 0 Å². The molecule has 0 saturated heterocycles. The highest BCUT2D eigenvalue weighted by atomic mass is 16.5. The van der Waals surface area contributed by atoms with Crippen molar-refractivity contribution >= 4 is 5.91 Å². The number of nitrogens with one attached hydrogen (secondary N) is 1. The largest absolute Gasteiger partial charge is 0.497 e. The summed E-state index contributed by atoms with van der Waals surface area (Å²) in [4.78, 5) is 10.4. The number of aliphatic hydroxyl groups excluding tert-OH is 1. The Morgan fingerprint density at radius 1 is 1.43 bits per heavy atom. The van der Waals surface area contributed by atoms with Gasteiger partial charge in [-0.2, -0.15) is 0 Å². The van der Waals surface area contributed by atoms with Crippen LogP contribution in [0.3, 0.4) is 0 Å². The number of nitrogens with two attached hydrogens (primary N) is 1. The average molecular weight is 298 g/mol. The molecule has 1 atom stereocenters. The molecule has 0 radical (unpaired) electrons. The summed E-state index contributed by atoms with van der Waals surface area (Å²) >= 11 is 0. The highest BCUT2D eigenvalue weighted by Crippen LogP contribution is 2.18. The number of benzene rings is 1. The van der Waals surface area contributed by atoms with Gasteiger partial charge < -0.3 is 30.4 Å². The van der Waals surface area contributed by atoms with Gasteiger partial charge in [0.2, 0.25) is 5.91 Å². The quantitative estimate of drug-likeness (QED) is 0.477. The minimum Gasteiger partial charge on any atom is -0.497 e. The van der Waals surface area contributed by atoms with E-state index in [1.54, 1.807) is 19.2 Å². The van der Waals surface area contributed by atoms with Crippen LogP contribution in [0.25, 0.3) is 0 Å². The lowest BCUT2D eigenvalue weighted by Crippen LogP contribution is -2.33. The zero-order chi connectivity index (χ0) is 15.5. The number of rotatable bonds is 11. The molecule has 1 rings (SSSR count). The second-order valence-electron chi connectivity index (χ2n) is 4.37. The molecule has 0 aliphatic rings. The highest BCUT2D eigenvalue weighted by molar-refractivity contribution is 5.74. The van der Waals surface area contributed by atoms with Gasteiger partial charge in [0, 0.05) is 19.2 Å². The molecule has 0 aromatic heterocycles.